The minimum atomic E-state index is -1.67. The second-order valence-corrected chi connectivity index (χ2v) is 22.3. The van der Waals surface area contributed by atoms with Gasteiger partial charge in [-0.25, -0.2) is 0 Å². The predicted octanol–water partition coefficient (Wildman–Crippen LogP) is 11.9. The fourth-order valence-electron chi connectivity index (χ4n) is 7.18. The van der Waals surface area contributed by atoms with Crippen LogP contribution < -0.4 is 0 Å². The number of allylic oxidation sites excluding steroid dienone is 1. The van der Waals surface area contributed by atoms with E-state index < -0.39 is 13.5 Å². The molecule has 3 aliphatic carbocycles. The number of hydrogen-bond donors (Lipinski definition) is 0. The number of halogens is 2. The number of pyridine rings is 2. The maximum atomic E-state index is 5.55. The van der Waals surface area contributed by atoms with Crippen molar-refractivity contribution in [3.63, 3.8) is 0 Å². The summed E-state index contributed by atoms with van der Waals surface area (Å²) in [6, 6.07) is 12.1. The number of fused-ring (bicyclic) bond motifs is 3. The molecule has 0 radical (unpaired) electrons. The second kappa shape index (κ2) is 17.7. The molecule has 6 rings (SSSR count). The number of rotatable bonds is 3. The summed E-state index contributed by atoms with van der Waals surface area (Å²) < 4.78 is 2.93. The Hall–Kier alpha value is -0.677. The largest absolute Gasteiger partial charge is 0.254 e. The fraction of sp³-hybridized carbons (Fsp3) is 0.611. The first-order valence-corrected chi connectivity index (χ1v) is 23.4. The first-order chi connectivity index (χ1) is 20.3. The van der Waals surface area contributed by atoms with Crippen LogP contribution in [0.15, 0.2) is 54.9 Å². The molecule has 1 aromatic carbocycles. The molecule has 0 spiro atoms. The van der Waals surface area contributed by atoms with Gasteiger partial charge in [0.25, 0.3) is 0 Å². The molecular formula is C36H52Cl2N2PRu+. The molecule has 3 fully saturated rings. The van der Waals surface area contributed by atoms with Crippen molar-refractivity contribution in [2.45, 2.75) is 134 Å². The first-order valence-electron chi connectivity index (χ1n) is 16.4. The summed E-state index contributed by atoms with van der Waals surface area (Å²) in [7, 11) is 11.1. The topological polar surface area (TPSA) is 25.8 Å². The van der Waals surface area contributed by atoms with Crippen LogP contribution in [0.1, 0.15) is 117 Å². The monoisotopic (exact) mass is 715 g/mol. The van der Waals surface area contributed by atoms with E-state index in [-0.39, 0.29) is 13.3 Å². The van der Waals surface area contributed by atoms with E-state index in [4.69, 9.17) is 19.4 Å². The number of hydrogen-bond acceptors (Lipinski definition) is 2. The Morgan fingerprint density at radius 3 is 1.36 bits per heavy atom. The Kier molecular flexibility index (Phi) is 14.4. The summed E-state index contributed by atoms with van der Waals surface area (Å²) in [5.41, 5.74) is 5.80. The van der Waals surface area contributed by atoms with Gasteiger partial charge in [-0.3, -0.25) is 9.97 Å². The summed E-state index contributed by atoms with van der Waals surface area (Å²) in [6.45, 7) is 6.27. The normalized spacial score (nSPS) is 19.3. The van der Waals surface area contributed by atoms with E-state index in [1.165, 1.54) is 17.0 Å². The van der Waals surface area contributed by atoms with Gasteiger partial charge >= 0.3 is 69.4 Å². The molecule has 0 bridgehead atoms. The Balaban J connectivity index is 0.000000155. The Morgan fingerprint density at radius 1 is 0.667 bits per heavy atom. The Labute approximate surface area is 269 Å². The molecule has 0 unspecified atom stereocenters. The molecule has 0 atom stereocenters. The van der Waals surface area contributed by atoms with Crippen molar-refractivity contribution >= 4 is 53.4 Å². The average molecular weight is 716 g/mol. The van der Waals surface area contributed by atoms with Gasteiger partial charge in [0, 0.05) is 31.1 Å². The molecule has 232 valence electrons. The van der Waals surface area contributed by atoms with Crippen LogP contribution in [0, 0.1) is 5.41 Å². The summed E-state index contributed by atoms with van der Waals surface area (Å²) in [6.07, 6.45) is 29.3. The van der Waals surface area contributed by atoms with Crippen LogP contribution in [0.4, 0.5) is 0 Å². The van der Waals surface area contributed by atoms with Crippen LogP contribution in [0.3, 0.4) is 0 Å². The third-order valence-corrected chi connectivity index (χ3v) is 15.2. The SMILES string of the molecule is C1CCC([PH+](C2CCCCC2)C2CCCCC2)CC1.CC(C)(C)C=[C]=[Ru]([Cl])[Cl].c1cnc2c(c1)ccc1cccnc12. The van der Waals surface area contributed by atoms with Gasteiger partial charge in [0.05, 0.1) is 28.0 Å². The Morgan fingerprint density at radius 2 is 1.05 bits per heavy atom. The van der Waals surface area contributed by atoms with E-state index in [1.54, 1.807) is 109 Å². The van der Waals surface area contributed by atoms with Crippen LogP contribution >= 0.6 is 27.3 Å². The van der Waals surface area contributed by atoms with Gasteiger partial charge in [0.15, 0.2) is 0 Å². The van der Waals surface area contributed by atoms with Crippen molar-refractivity contribution in [3.05, 3.63) is 54.9 Å². The van der Waals surface area contributed by atoms with Gasteiger partial charge in [0.1, 0.15) is 0 Å². The van der Waals surface area contributed by atoms with Crippen LogP contribution in [0.25, 0.3) is 21.8 Å². The van der Waals surface area contributed by atoms with Crippen molar-refractivity contribution in [1.82, 2.24) is 9.97 Å². The third kappa shape index (κ3) is 11.0. The van der Waals surface area contributed by atoms with Crippen molar-refractivity contribution < 1.29 is 13.5 Å². The van der Waals surface area contributed by atoms with Crippen LogP contribution in [0.5, 0.6) is 0 Å². The van der Waals surface area contributed by atoms with Gasteiger partial charge < -0.3 is 0 Å². The molecule has 0 N–H and O–H groups in total. The molecule has 0 saturated heterocycles. The van der Waals surface area contributed by atoms with Crippen LogP contribution in [-0.2, 0) is 13.5 Å². The molecule has 3 saturated carbocycles. The zero-order valence-corrected chi connectivity index (χ0v) is 30.3. The summed E-state index contributed by atoms with van der Waals surface area (Å²) >= 11 is -1.67. The van der Waals surface area contributed by atoms with Gasteiger partial charge in [-0.2, -0.15) is 0 Å². The van der Waals surface area contributed by atoms with Crippen LogP contribution in [-0.4, -0.2) is 31.2 Å². The van der Waals surface area contributed by atoms with Crippen molar-refractivity contribution in [2.75, 3.05) is 0 Å². The maximum Gasteiger partial charge on any atom is 0.0964 e. The number of aromatic nitrogens is 2. The molecule has 42 heavy (non-hydrogen) atoms. The van der Waals surface area contributed by atoms with E-state index in [1.807, 2.05) is 18.2 Å². The molecule has 2 aromatic heterocycles. The van der Waals surface area contributed by atoms with Crippen LogP contribution in [0.2, 0.25) is 0 Å². The number of nitrogens with zero attached hydrogens (tertiary/aromatic N) is 2. The smallest absolute Gasteiger partial charge is 0.0964 e. The average Bonchev–Trinajstić information content (AvgIpc) is 3.02. The molecule has 3 aromatic rings. The van der Waals surface area contributed by atoms with E-state index in [0.29, 0.717) is 0 Å². The fourth-order valence-corrected chi connectivity index (χ4v) is 13.8. The van der Waals surface area contributed by atoms with Crippen molar-refractivity contribution in [1.29, 1.82) is 0 Å². The molecule has 3 aliphatic rings. The molecular weight excluding hydrogens is 663 g/mol. The molecule has 2 heterocycles. The minimum absolute atomic E-state index is 0.0465. The quantitative estimate of drug-likeness (QED) is 0.153. The van der Waals surface area contributed by atoms with E-state index in [9.17, 15) is 0 Å². The summed E-state index contributed by atoms with van der Waals surface area (Å²) in [5.74, 6) is 0. The standard InChI is InChI=1S/C18H33P.C12H8N2.C6H10.2ClH.Ru/c1-4-10-16(11-5-1)19(17-12-6-2-7-13-17)18-14-8-3-9-15-18;1-3-9-5-6-10-4-2-8-14-12(10)11(9)13-7-1;1-5-6(2,3)4;;;/h16-18H,1-15H2;1-8H;5H,2-4H3;2*1H;/q;;;;;+2/p-1. The maximum absolute atomic E-state index is 5.55. The molecule has 6 heteroatoms. The molecule has 0 amide bonds. The number of benzene rings is 1. The van der Waals surface area contributed by atoms with Gasteiger partial charge in [-0.1, -0.05) is 43.5 Å². The first kappa shape index (κ1) is 34.2. The summed E-state index contributed by atoms with van der Waals surface area (Å²) in [4.78, 5) is 8.69. The van der Waals surface area contributed by atoms with Crippen molar-refractivity contribution in [2.24, 2.45) is 5.41 Å². The van der Waals surface area contributed by atoms with Gasteiger partial charge in [-0.15, -0.1) is 0 Å². The minimum Gasteiger partial charge on any atom is -0.254 e. The zero-order chi connectivity index (χ0) is 29.8. The molecule has 2 nitrogen and oxygen atoms in total. The molecule has 0 aliphatic heterocycles. The second-order valence-electron chi connectivity index (χ2n) is 13.5. The van der Waals surface area contributed by atoms with E-state index >= 15 is 0 Å². The Bertz CT molecular complexity index is 1200. The van der Waals surface area contributed by atoms with Crippen molar-refractivity contribution in [3.8, 4) is 0 Å². The van der Waals surface area contributed by atoms with E-state index in [0.717, 1.165) is 21.8 Å². The summed E-state index contributed by atoms with van der Waals surface area (Å²) in [5, 5.41) is 2.28. The van der Waals surface area contributed by atoms with Gasteiger partial charge in [0.2, 0.25) is 0 Å². The van der Waals surface area contributed by atoms with E-state index in [2.05, 4.69) is 59.3 Å². The zero-order valence-electron chi connectivity index (χ0n) is 26.0. The third-order valence-electron chi connectivity index (χ3n) is 9.14. The predicted molar refractivity (Wildman–Crippen MR) is 187 cm³/mol. The van der Waals surface area contributed by atoms with Gasteiger partial charge in [-0.05, 0) is 89.2 Å².